The Labute approximate surface area is 192 Å². The summed E-state index contributed by atoms with van der Waals surface area (Å²) < 4.78 is 32.9. The Morgan fingerprint density at radius 3 is 2.67 bits per heavy atom. The second-order valence-corrected chi connectivity index (χ2v) is 10.1. The highest BCUT2D eigenvalue weighted by Gasteiger charge is 2.29. The van der Waals surface area contributed by atoms with Crippen molar-refractivity contribution < 1.29 is 22.8 Å². The summed E-state index contributed by atoms with van der Waals surface area (Å²) in [7, 11) is -2.09. The van der Waals surface area contributed by atoms with Crippen LogP contribution in [-0.2, 0) is 14.8 Å². The van der Waals surface area contributed by atoms with E-state index >= 15 is 0 Å². The molecule has 33 heavy (non-hydrogen) atoms. The zero-order valence-electron chi connectivity index (χ0n) is 18.8. The van der Waals surface area contributed by atoms with Crippen LogP contribution in [0.25, 0.3) is 11.0 Å². The Morgan fingerprint density at radius 2 is 1.97 bits per heavy atom. The first-order valence-corrected chi connectivity index (χ1v) is 12.2. The van der Waals surface area contributed by atoms with Gasteiger partial charge in [0.1, 0.15) is 16.8 Å². The average Bonchev–Trinajstić information content (AvgIpc) is 3.21. The number of carbonyl (C=O) groups excluding carboxylic acids is 1. The lowest BCUT2D eigenvalue weighted by Crippen LogP contribution is -2.39. The third kappa shape index (κ3) is 4.93. The first-order valence-electron chi connectivity index (χ1n) is 10.8. The molecule has 2 heterocycles. The number of methoxy groups -OCH3 is 1. The van der Waals surface area contributed by atoms with Crippen molar-refractivity contribution in [2.45, 2.75) is 37.7 Å². The third-order valence-corrected chi connectivity index (χ3v) is 7.49. The number of amides is 1. The number of aromatic nitrogens is 3. The number of piperidine rings is 1. The number of rotatable bonds is 7. The molecule has 0 spiro atoms. The lowest BCUT2D eigenvalue weighted by atomic mass is 10.0. The van der Waals surface area contributed by atoms with Gasteiger partial charge in [0, 0.05) is 18.8 Å². The number of hydrogen-bond donors (Lipinski definition) is 1. The van der Waals surface area contributed by atoms with Gasteiger partial charge in [-0.25, -0.2) is 8.42 Å². The van der Waals surface area contributed by atoms with Crippen LogP contribution in [0.2, 0.25) is 0 Å². The topological polar surface area (TPSA) is 116 Å². The van der Waals surface area contributed by atoms with E-state index in [4.69, 9.17) is 9.57 Å². The van der Waals surface area contributed by atoms with E-state index in [1.54, 1.807) is 44.4 Å². The minimum Gasteiger partial charge on any atom is -0.497 e. The van der Waals surface area contributed by atoms with Gasteiger partial charge in [-0.1, -0.05) is 11.8 Å². The Hall–Kier alpha value is -3.18. The SMILES string of the molecule is COc1ccc(NC(=O)C(C)On2nnc3ccc(S(=O)(=O)N4CCCC(C)C4)cc32)cc1. The largest absolute Gasteiger partial charge is 0.497 e. The molecule has 1 N–H and O–H groups in total. The van der Waals surface area contributed by atoms with Gasteiger partial charge in [-0.05, 0) is 73.4 Å². The molecule has 2 atom stereocenters. The average molecular weight is 474 g/mol. The fraction of sp³-hybridized carbons (Fsp3) is 0.409. The van der Waals surface area contributed by atoms with E-state index in [1.165, 1.54) is 16.4 Å². The number of carbonyl (C=O) groups is 1. The molecule has 4 rings (SSSR count). The second kappa shape index (κ2) is 9.36. The quantitative estimate of drug-likeness (QED) is 0.560. The molecule has 0 bridgehead atoms. The fourth-order valence-corrected chi connectivity index (χ4v) is 5.36. The Bertz CT molecular complexity index is 1240. The molecular formula is C22H27N5O5S. The molecule has 2 unspecified atom stereocenters. The molecule has 2 aromatic carbocycles. The highest BCUT2D eigenvalue weighted by atomic mass is 32.2. The van der Waals surface area contributed by atoms with E-state index in [0.717, 1.165) is 17.7 Å². The number of benzene rings is 2. The maximum Gasteiger partial charge on any atom is 0.267 e. The lowest BCUT2D eigenvalue weighted by molar-refractivity contribution is -0.127. The van der Waals surface area contributed by atoms with Crippen LogP contribution in [0.15, 0.2) is 47.4 Å². The number of anilines is 1. The van der Waals surface area contributed by atoms with Crippen molar-refractivity contribution >= 4 is 32.7 Å². The number of nitrogens with one attached hydrogen (secondary N) is 1. The summed E-state index contributed by atoms with van der Waals surface area (Å²) in [5.41, 5.74) is 1.41. The Kier molecular flexibility index (Phi) is 6.52. The highest BCUT2D eigenvalue weighted by Crippen LogP contribution is 2.25. The summed E-state index contributed by atoms with van der Waals surface area (Å²) in [5.74, 6) is 0.601. The number of fused-ring (bicyclic) bond motifs is 1. The summed E-state index contributed by atoms with van der Waals surface area (Å²) in [6.07, 6.45) is 0.943. The van der Waals surface area contributed by atoms with Crippen LogP contribution >= 0.6 is 0 Å². The van der Waals surface area contributed by atoms with E-state index in [0.29, 0.717) is 41.5 Å². The van der Waals surface area contributed by atoms with Crippen LogP contribution < -0.4 is 14.9 Å². The molecule has 3 aromatic rings. The number of sulfonamides is 1. The summed E-state index contributed by atoms with van der Waals surface area (Å²) in [6, 6.07) is 11.5. The Balaban J connectivity index is 1.51. The first kappa shape index (κ1) is 23.0. The van der Waals surface area contributed by atoms with Crippen molar-refractivity contribution in [3.63, 3.8) is 0 Å². The summed E-state index contributed by atoms with van der Waals surface area (Å²) in [5, 5.41) is 10.7. The zero-order chi connectivity index (χ0) is 23.6. The van der Waals surface area contributed by atoms with Crippen LogP contribution in [0.3, 0.4) is 0 Å². The monoisotopic (exact) mass is 473 g/mol. The van der Waals surface area contributed by atoms with Gasteiger partial charge in [0.15, 0.2) is 0 Å². The van der Waals surface area contributed by atoms with Gasteiger partial charge in [0.25, 0.3) is 5.91 Å². The lowest BCUT2D eigenvalue weighted by Gasteiger charge is -2.30. The molecule has 1 fully saturated rings. The molecule has 1 aromatic heterocycles. The first-order chi connectivity index (χ1) is 15.8. The molecule has 0 aliphatic carbocycles. The van der Waals surface area contributed by atoms with E-state index < -0.39 is 22.0 Å². The van der Waals surface area contributed by atoms with Crippen LogP contribution in [0.5, 0.6) is 5.75 Å². The maximum atomic E-state index is 13.2. The van der Waals surface area contributed by atoms with Gasteiger partial charge in [-0.2, -0.15) is 4.31 Å². The van der Waals surface area contributed by atoms with Crippen molar-refractivity contribution in [2.75, 3.05) is 25.5 Å². The van der Waals surface area contributed by atoms with E-state index in [2.05, 4.69) is 22.6 Å². The van der Waals surface area contributed by atoms with E-state index in [9.17, 15) is 13.2 Å². The zero-order valence-corrected chi connectivity index (χ0v) is 19.6. The molecule has 11 heteroatoms. The van der Waals surface area contributed by atoms with Crippen molar-refractivity contribution in [2.24, 2.45) is 5.92 Å². The Morgan fingerprint density at radius 1 is 1.21 bits per heavy atom. The van der Waals surface area contributed by atoms with Crippen molar-refractivity contribution in [1.29, 1.82) is 0 Å². The normalized spacial score (nSPS) is 18.1. The molecule has 176 valence electrons. The number of hydrogen-bond acceptors (Lipinski definition) is 7. The van der Waals surface area contributed by atoms with Gasteiger partial charge in [-0.3, -0.25) is 4.79 Å². The predicted octanol–water partition coefficient (Wildman–Crippen LogP) is 2.32. The van der Waals surface area contributed by atoms with Crippen LogP contribution in [0, 0.1) is 5.92 Å². The van der Waals surface area contributed by atoms with Gasteiger partial charge in [0.05, 0.1) is 12.0 Å². The van der Waals surface area contributed by atoms with Gasteiger partial charge in [-0.15, -0.1) is 5.10 Å². The third-order valence-electron chi connectivity index (χ3n) is 5.63. The molecule has 1 aliphatic rings. The number of nitrogens with zero attached hydrogens (tertiary/aromatic N) is 4. The van der Waals surface area contributed by atoms with Crippen molar-refractivity contribution in [1.82, 2.24) is 19.5 Å². The van der Waals surface area contributed by atoms with Crippen LogP contribution in [0.1, 0.15) is 26.7 Å². The summed E-state index contributed by atoms with van der Waals surface area (Å²) in [6.45, 7) is 4.62. The standard InChI is InChI=1S/C22H27N5O5S/c1-15-5-4-12-26(14-15)33(29,30)19-10-11-20-21(13-19)27(25-24-20)32-16(2)22(28)23-17-6-8-18(31-3)9-7-17/h6-11,13,15-16H,4-5,12,14H2,1-3H3,(H,23,28). The fourth-order valence-electron chi connectivity index (χ4n) is 3.75. The van der Waals surface area contributed by atoms with Crippen molar-refractivity contribution in [3.05, 3.63) is 42.5 Å². The summed E-state index contributed by atoms with van der Waals surface area (Å²) >= 11 is 0. The van der Waals surface area contributed by atoms with Crippen LogP contribution in [0.4, 0.5) is 5.69 Å². The molecule has 1 amide bonds. The highest BCUT2D eigenvalue weighted by molar-refractivity contribution is 7.89. The van der Waals surface area contributed by atoms with Gasteiger partial charge < -0.3 is 14.9 Å². The smallest absolute Gasteiger partial charge is 0.267 e. The summed E-state index contributed by atoms with van der Waals surface area (Å²) in [4.78, 5) is 19.5. The molecule has 10 nitrogen and oxygen atoms in total. The number of ether oxygens (including phenoxy) is 1. The van der Waals surface area contributed by atoms with Gasteiger partial charge >= 0.3 is 0 Å². The molecule has 1 aliphatic heterocycles. The minimum atomic E-state index is -3.65. The van der Waals surface area contributed by atoms with Crippen LogP contribution in [-0.4, -0.2) is 60.1 Å². The van der Waals surface area contributed by atoms with E-state index in [1.807, 2.05) is 0 Å². The van der Waals surface area contributed by atoms with E-state index in [-0.39, 0.29) is 4.90 Å². The molecular weight excluding hydrogens is 446 g/mol. The predicted molar refractivity (Wildman–Crippen MR) is 122 cm³/mol. The van der Waals surface area contributed by atoms with Crippen molar-refractivity contribution in [3.8, 4) is 5.75 Å². The van der Waals surface area contributed by atoms with Gasteiger partial charge in [0.2, 0.25) is 16.1 Å². The molecule has 0 radical (unpaired) electrons. The second-order valence-electron chi connectivity index (χ2n) is 8.19. The minimum absolute atomic E-state index is 0.145. The molecule has 0 saturated carbocycles. The molecule has 1 saturated heterocycles. The maximum absolute atomic E-state index is 13.2.